The molecule has 1 heterocycles. The number of hydrogen-bond acceptors (Lipinski definition) is 5. The van der Waals surface area contributed by atoms with E-state index < -0.39 is 22.7 Å². The van der Waals surface area contributed by atoms with E-state index in [0.717, 1.165) is 22.3 Å². The lowest BCUT2D eigenvalue weighted by atomic mass is 9.59. The standard InChI is InChI=1S/C41H31NO5/c1-46-31-22-18-26(19-23-31)33-34(27-20-24-32(47-2)25-21-27)41(29-14-8-4-9-15-29)36-35(40(33,39(41)45)28-12-6-3-7-13-28)37(43)42(38(36)44)30-16-10-5-11-17-30/h3-25,35-36H,1-2H3/t35-,36+,40-,41-/m0/s1. The van der Waals surface area contributed by atoms with Gasteiger partial charge in [-0.3, -0.25) is 14.4 Å². The molecule has 2 bridgehead atoms. The Bertz CT molecular complexity index is 1930. The lowest BCUT2D eigenvalue weighted by Gasteiger charge is -2.39. The first-order valence-corrected chi connectivity index (χ1v) is 15.6. The monoisotopic (exact) mass is 617 g/mol. The van der Waals surface area contributed by atoms with Crippen molar-refractivity contribution in [3.63, 3.8) is 0 Å². The molecule has 4 atom stereocenters. The molecule has 5 aromatic rings. The van der Waals surface area contributed by atoms with Gasteiger partial charge in [-0.1, -0.05) is 103 Å². The summed E-state index contributed by atoms with van der Waals surface area (Å²) in [4.78, 5) is 47.2. The summed E-state index contributed by atoms with van der Waals surface area (Å²) in [6, 6.07) is 43.3. The predicted molar refractivity (Wildman–Crippen MR) is 180 cm³/mol. The number of hydrogen-bond donors (Lipinski definition) is 0. The van der Waals surface area contributed by atoms with Gasteiger partial charge in [0.25, 0.3) is 0 Å². The van der Waals surface area contributed by atoms with Crippen molar-refractivity contribution in [3.8, 4) is 11.5 Å². The van der Waals surface area contributed by atoms with E-state index in [9.17, 15) is 9.59 Å². The molecule has 6 heteroatoms. The first kappa shape index (κ1) is 28.7. The predicted octanol–water partition coefficient (Wildman–Crippen LogP) is 6.89. The Balaban J connectivity index is 1.55. The number of fused-ring (bicyclic) bond motifs is 5. The number of anilines is 1. The Morgan fingerprint density at radius 2 is 0.851 bits per heavy atom. The van der Waals surface area contributed by atoms with Gasteiger partial charge in [0.2, 0.25) is 11.8 Å². The number of amides is 2. The summed E-state index contributed by atoms with van der Waals surface area (Å²) in [5.74, 6) is -1.54. The zero-order valence-corrected chi connectivity index (χ0v) is 25.9. The molecule has 0 radical (unpaired) electrons. The molecule has 0 aromatic heterocycles. The van der Waals surface area contributed by atoms with Crippen LogP contribution in [-0.2, 0) is 25.2 Å². The van der Waals surface area contributed by atoms with Gasteiger partial charge >= 0.3 is 0 Å². The van der Waals surface area contributed by atoms with Crippen LogP contribution in [0.15, 0.2) is 140 Å². The van der Waals surface area contributed by atoms with Crippen LogP contribution in [0.5, 0.6) is 11.5 Å². The fraction of sp³-hybridized carbons (Fsp3) is 0.146. The average molecular weight is 618 g/mol. The van der Waals surface area contributed by atoms with E-state index in [1.807, 2.05) is 127 Å². The summed E-state index contributed by atoms with van der Waals surface area (Å²) < 4.78 is 11.0. The highest BCUT2D eigenvalue weighted by Crippen LogP contribution is 2.74. The zero-order chi connectivity index (χ0) is 32.3. The number of ether oxygens (including phenoxy) is 2. The fourth-order valence-corrected chi connectivity index (χ4v) is 8.47. The van der Waals surface area contributed by atoms with Crippen LogP contribution in [0.1, 0.15) is 22.3 Å². The van der Waals surface area contributed by atoms with Crippen molar-refractivity contribution >= 4 is 34.4 Å². The van der Waals surface area contributed by atoms with Gasteiger partial charge in [-0.15, -0.1) is 0 Å². The van der Waals surface area contributed by atoms with Crippen molar-refractivity contribution < 1.29 is 23.9 Å². The molecule has 5 aromatic carbocycles. The van der Waals surface area contributed by atoms with Crippen molar-refractivity contribution in [2.45, 2.75) is 10.8 Å². The Labute approximate surface area is 272 Å². The van der Waals surface area contributed by atoms with E-state index >= 15 is 4.79 Å². The number of imide groups is 1. The minimum absolute atomic E-state index is 0.163. The van der Waals surface area contributed by atoms with Crippen molar-refractivity contribution in [2.75, 3.05) is 19.1 Å². The topological polar surface area (TPSA) is 72.9 Å². The quantitative estimate of drug-likeness (QED) is 0.186. The second-order valence-electron chi connectivity index (χ2n) is 12.2. The maximum absolute atomic E-state index is 16.0. The summed E-state index contributed by atoms with van der Waals surface area (Å²) in [5, 5.41) is 0. The number of rotatable bonds is 7. The fourth-order valence-electron chi connectivity index (χ4n) is 8.47. The SMILES string of the molecule is COc1ccc(C2=C(c3ccc(OC)cc3)[C@]3(c4ccccc4)C(=O)[C@]2(c2ccccc2)[C@@H]2C(=O)N(c4ccccc4)C(=O)[C@@H]23)cc1. The summed E-state index contributed by atoms with van der Waals surface area (Å²) in [7, 11) is 3.22. The van der Waals surface area contributed by atoms with Gasteiger partial charge in [0, 0.05) is 0 Å². The van der Waals surface area contributed by atoms with Crippen molar-refractivity contribution in [3.05, 3.63) is 162 Å². The Kier molecular flexibility index (Phi) is 6.51. The molecule has 1 saturated heterocycles. The second kappa shape index (κ2) is 10.7. The van der Waals surface area contributed by atoms with Gasteiger partial charge in [0.05, 0.1) is 42.6 Å². The molecule has 2 amide bonds. The number of ketones is 1. The van der Waals surface area contributed by atoms with Gasteiger partial charge in [-0.25, -0.2) is 4.90 Å². The van der Waals surface area contributed by atoms with Crippen molar-refractivity contribution in [1.82, 2.24) is 0 Å². The molecule has 47 heavy (non-hydrogen) atoms. The van der Waals surface area contributed by atoms with E-state index in [1.165, 1.54) is 4.90 Å². The highest BCUT2D eigenvalue weighted by molar-refractivity contribution is 6.39. The third kappa shape index (κ3) is 3.69. The van der Waals surface area contributed by atoms with E-state index in [2.05, 4.69) is 0 Å². The van der Waals surface area contributed by atoms with Crippen molar-refractivity contribution in [2.24, 2.45) is 11.8 Å². The third-order valence-corrected chi connectivity index (χ3v) is 10.2. The first-order chi connectivity index (χ1) is 23.0. The van der Waals surface area contributed by atoms with Gasteiger partial charge in [0.1, 0.15) is 11.5 Å². The molecule has 0 N–H and O–H groups in total. The summed E-state index contributed by atoms with van der Waals surface area (Å²) >= 11 is 0. The number of methoxy groups -OCH3 is 2. The van der Waals surface area contributed by atoms with Crippen LogP contribution in [0.2, 0.25) is 0 Å². The largest absolute Gasteiger partial charge is 0.497 e. The van der Waals surface area contributed by atoms with Gasteiger partial charge in [-0.2, -0.15) is 0 Å². The van der Waals surface area contributed by atoms with E-state index in [0.29, 0.717) is 28.3 Å². The normalized spacial score (nSPS) is 24.6. The Morgan fingerprint density at radius 3 is 1.21 bits per heavy atom. The van der Waals surface area contributed by atoms with Crippen LogP contribution in [0.25, 0.3) is 11.1 Å². The van der Waals surface area contributed by atoms with Crippen LogP contribution >= 0.6 is 0 Å². The second-order valence-corrected chi connectivity index (χ2v) is 12.2. The molecule has 2 fully saturated rings. The average Bonchev–Trinajstić information content (AvgIpc) is 3.64. The smallest absolute Gasteiger partial charge is 0.239 e. The highest BCUT2D eigenvalue weighted by Gasteiger charge is 2.82. The lowest BCUT2D eigenvalue weighted by Crippen LogP contribution is -2.45. The van der Waals surface area contributed by atoms with E-state index in [-0.39, 0.29) is 17.6 Å². The Hall–Kier alpha value is -5.75. The molecular weight excluding hydrogens is 586 g/mol. The summed E-state index contributed by atoms with van der Waals surface area (Å²) in [6.45, 7) is 0. The molecule has 0 spiro atoms. The number of para-hydroxylation sites is 1. The van der Waals surface area contributed by atoms with Gasteiger partial charge in [-0.05, 0) is 69.8 Å². The summed E-state index contributed by atoms with van der Waals surface area (Å²) in [5.41, 5.74) is 1.93. The maximum atomic E-state index is 16.0. The Morgan fingerprint density at radius 1 is 0.489 bits per heavy atom. The highest BCUT2D eigenvalue weighted by atomic mass is 16.5. The minimum atomic E-state index is -1.47. The van der Waals surface area contributed by atoms with Crippen molar-refractivity contribution in [1.29, 1.82) is 0 Å². The van der Waals surface area contributed by atoms with Crippen LogP contribution in [0.3, 0.4) is 0 Å². The molecule has 0 unspecified atom stereocenters. The number of nitrogens with zero attached hydrogens (tertiary/aromatic N) is 1. The number of allylic oxidation sites excluding steroid dienone is 2. The minimum Gasteiger partial charge on any atom is -0.497 e. The number of Topliss-reactive ketones (excluding diaryl/α,β-unsaturated/α-hetero) is 1. The lowest BCUT2D eigenvalue weighted by molar-refractivity contribution is -0.130. The molecule has 2 aliphatic carbocycles. The van der Waals surface area contributed by atoms with Crippen LogP contribution < -0.4 is 14.4 Å². The number of benzene rings is 5. The summed E-state index contributed by atoms with van der Waals surface area (Å²) in [6.07, 6.45) is 0. The molecule has 6 nitrogen and oxygen atoms in total. The number of carbonyl (C=O) groups excluding carboxylic acids is 3. The van der Waals surface area contributed by atoms with E-state index in [1.54, 1.807) is 26.4 Å². The van der Waals surface area contributed by atoms with Crippen LogP contribution in [0.4, 0.5) is 5.69 Å². The molecule has 1 saturated carbocycles. The first-order valence-electron chi connectivity index (χ1n) is 15.6. The maximum Gasteiger partial charge on any atom is 0.239 e. The molecule has 230 valence electrons. The molecule has 1 aliphatic heterocycles. The third-order valence-electron chi connectivity index (χ3n) is 10.2. The molecule has 8 rings (SSSR count). The van der Waals surface area contributed by atoms with Crippen LogP contribution in [-0.4, -0.2) is 31.8 Å². The van der Waals surface area contributed by atoms with Gasteiger partial charge < -0.3 is 9.47 Å². The zero-order valence-electron chi connectivity index (χ0n) is 25.9. The molecule has 3 aliphatic rings. The molecular formula is C41H31NO5. The van der Waals surface area contributed by atoms with Crippen LogP contribution in [0, 0.1) is 11.8 Å². The van der Waals surface area contributed by atoms with Gasteiger partial charge in [0.15, 0.2) is 5.78 Å². The van der Waals surface area contributed by atoms with E-state index in [4.69, 9.17) is 9.47 Å². The number of carbonyl (C=O) groups is 3.